The molecule has 192 valence electrons. The van der Waals surface area contributed by atoms with E-state index in [0.717, 1.165) is 37.0 Å². The first kappa shape index (κ1) is 26.3. The summed E-state index contributed by atoms with van der Waals surface area (Å²) in [6.45, 7) is 0.0236. The Bertz CT molecular complexity index is 1110. The molecule has 0 spiro atoms. The normalized spacial score (nSPS) is 19.2. The molecule has 1 aliphatic heterocycles. The van der Waals surface area contributed by atoms with Crippen LogP contribution in [0.25, 0.3) is 0 Å². The van der Waals surface area contributed by atoms with Crippen molar-refractivity contribution in [2.45, 2.75) is 50.6 Å². The molecule has 0 bridgehead atoms. The average Bonchev–Trinajstić information content (AvgIpc) is 3.17. The summed E-state index contributed by atoms with van der Waals surface area (Å²) in [5.41, 5.74) is 0.559. The maximum atomic E-state index is 14.5. The van der Waals surface area contributed by atoms with Gasteiger partial charge in [-0.2, -0.15) is 0 Å². The lowest BCUT2D eigenvalue weighted by Gasteiger charge is -2.30. The summed E-state index contributed by atoms with van der Waals surface area (Å²) in [5, 5.41) is 14.2. The highest BCUT2D eigenvalue weighted by Gasteiger charge is 2.46. The van der Waals surface area contributed by atoms with Gasteiger partial charge in [0.15, 0.2) is 0 Å². The lowest BCUT2D eigenvalue weighted by molar-refractivity contribution is -0.134. The number of rotatable bonds is 9. The monoisotopic (exact) mass is 609 g/mol. The van der Waals surface area contributed by atoms with Gasteiger partial charge < -0.3 is 20.5 Å². The molecule has 0 unspecified atom stereocenters. The van der Waals surface area contributed by atoms with Gasteiger partial charge in [0.25, 0.3) is 5.91 Å². The molecule has 0 aromatic heterocycles. The Morgan fingerprint density at radius 3 is 2.56 bits per heavy atom. The van der Waals surface area contributed by atoms with Crippen LogP contribution in [-0.2, 0) is 9.59 Å². The van der Waals surface area contributed by atoms with E-state index in [0.29, 0.717) is 21.3 Å². The lowest BCUT2D eigenvalue weighted by Crippen LogP contribution is -2.48. The van der Waals surface area contributed by atoms with Crippen molar-refractivity contribution >= 4 is 46.1 Å². The number of ether oxygens (including phenoxy) is 1. The number of amides is 4. The van der Waals surface area contributed by atoms with Crippen molar-refractivity contribution in [1.82, 2.24) is 10.2 Å². The second-order valence-corrected chi connectivity index (χ2v) is 10.3. The van der Waals surface area contributed by atoms with Gasteiger partial charge >= 0.3 is 6.03 Å². The van der Waals surface area contributed by atoms with Crippen LogP contribution in [-0.4, -0.2) is 47.1 Å². The van der Waals surface area contributed by atoms with Gasteiger partial charge in [0, 0.05) is 3.57 Å². The average molecular weight is 609 g/mol. The zero-order chi connectivity index (χ0) is 25.7. The Labute approximate surface area is 222 Å². The van der Waals surface area contributed by atoms with Gasteiger partial charge in [-0.05, 0) is 70.8 Å². The van der Waals surface area contributed by atoms with Crippen LogP contribution in [0.2, 0.25) is 0 Å². The number of nitrogens with one attached hydrogen (secondary N) is 2. The summed E-state index contributed by atoms with van der Waals surface area (Å²) in [7, 11) is 0. The van der Waals surface area contributed by atoms with Crippen molar-refractivity contribution in [2.75, 3.05) is 18.5 Å². The summed E-state index contributed by atoms with van der Waals surface area (Å²) in [6, 6.07) is 8.44. The molecule has 2 aromatic rings. The number of urea groups is 1. The van der Waals surface area contributed by atoms with Crippen LogP contribution >= 0.6 is 22.6 Å². The summed E-state index contributed by atoms with van der Waals surface area (Å²) < 4.78 is 20.5. The largest absolute Gasteiger partial charge is 0.491 e. The maximum absolute atomic E-state index is 14.5. The molecule has 10 heteroatoms. The predicted molar refractivity (Wildman–Crippen MR) is 140 cm³/mol. The van der Waals surface area contributed by atoms with Gasteiger partial charge in [-0.1, -0.05) is 44.2 Å². The van der Waals surface area contributed by atoms with Gasteiger partial charge in [-0.15, -0.1) is 0 Å². The molecule has 1 heterocycles. The maximum Gasteiger partial charge on any atom is 0.325 e. The van der Waals surface area contributed by atoms with E-state index in [9.17, 15) is 18.8 Å². The number of carbonyl (C=O) groups excluding carboxylic acids is 3. The Balaban J connectivity index is 1.56. The third-order valence-corrected chi connectivity index (χ3v) is 7.30. The van der Waals surface area contributed by atoms with Crippen LogP contribution in [0.1, 0.15) is 50.1 Å². The van der Waals surface area contributed by atoms with Crippen molar-refractivity contribution in [3.63, 3.8) is 0 Å². The number of aliphatic hydroxyl groups excluding tert-OH is 1. The van der Waals surface area contributed by atoms with Crippen molar-refractivity contribution in [3.05, 3.63) is 57.4 Å². The quantitative estimate of drug-likeness (QED) is 0.289. The van der Waals surface area contributed by atoms with Crippen LogP contribution in [0.5, 0.6) is 5.75 Å². The van der Waals surface area contributed by atoms with Crippen molar-refractivity contribution in [2.24, 2.45) is 5.92 Å². The Morgan fingerprint density at radius 2 is 1.89 bits per heavy atom. The number of imide groups is 1. The fourth-order valence-corrected chi connectivity index (χ4v) is 5.26. The van der Waals surface area contributed by atoms with Gasteiger partial charge in [0.2, 0.25) is 5.91 Å². The van der Waals surface area contributed by atoms with E-state index >= 15 is 0 Å². The number of aliphatic hydroxyl groups is 1. The number of nitrogens with zero attached hydrogens (tertiary/aromatic N) is 1. The summed E-state index contributed by atoms with van der Waals surface area (Å²) in [6.07, 6.45) is 5.38. The van der Waals surface area contributed by atoms with Crippen molar-refractivity contribution in [3.8, 4) is 5.75 Å². The molecule has 1 saturated heterocycles. The first-order valence-electron chi connectivity index (χ1n) is 12.1. The minimum absolute atomic E-state index is 0.0103. The van der Waals surface area contributed by atoms with Gasteiger partial charge in [-0.3, -0.25) is 9.59 Å². The van der Waals surface area contributed by atoms with E-state index in [-0.39, 0.29) is 24.8 Å². The van der Waals surface area contributed by atoms with E-state index in [2.05, 4.69) is 10.6 Å². The van der Waals surface area contributed by atoms with Gasteiger partial charge in [-0.25, -0.2) is 14.1 Å². The number of hydrogen-bond acceptors (Lipinski definition) is 5. The third-order valence-electron chi connectivity index (χ3n) is 6.63. The highest BCUT2D eigenvalue weighted by molar-refractivity contribution is 14.1. The predicted octanol–water partition coefficient (Wildman–Crippen LogP) is 4.37. The minimum Gasteiger partial charge on any atom is -0.491 e. The van der Waals surface area contributed by atoms with Crippen LogP contribution in [0, 0.1) is 15.3 Å². The molecular weight excluding hydrogens is 580 g/mol. The van der Waals surface area contributed by atoms with Crippen LogP contribution < -0.4 is 15.4 Å². The molecule has 4 rings (SSSR count). The fourth-order valence-electron chi connectivity index (χ4n) is 4.81. The third kappa shape index (κ3) is 6.15. The van der Waals surface area contributed by atoms with Crippen molar-refractivity contribution < 1.29 is 28.6 Å². The summed E-state index contributed by atoms with van der Waals surface area (Å²) in [4.78, 5) is 40.9. The van der Waals surface area contributed by atoms with E-state index < -0.39 is 35.7 Å². The standard InChI is InChI=1S/C26H29FIN3O5/c27-20-15-18(28)8-11-21(20)29-24(33)22(14-16-4-2-1-3-5-16)31-25(34)23(30-26(31)35)17-6-9-19(10-7-17)36-13-12-32/h6-11,15-16,22-23,32H,1-5,12-14H2,(H,29,33)(H,30,35)/t22-,23+/m0/s1. The zero-order valence-electron chi connectivity index (χ0n) is 19.7. The topological polar surface area (TPSA) is 108 Å². The highest BCUT2D eigenvalue weighted by atomic mass is 127. The second kappa shape index (κ2) is 12.0. The fraction of sp³-hybridized carbons (Fsp3) is 0.423. The number of carbonyl (C=O) groups is 3. The summed E-state index contributed by atoms with van der Waals surface area (Å²) in [5.74, 6) is -0.972. The lowest BCUT2D eigenvalue weighted by atomic mass is 9.84. The van der Waals surface area contributed by atoms with Crippen LogP contribution in [0.15, 0.2) is 42.5 Å². The minimum atomic E-state index is -1.06. The van der Waals surface area contributed by atoms with E-state index in [1.807, 2.05) is 22.6 Å². The molecule has 36 heavy (non-hydrogen) atoms. The number of anilines is 1. The Morgan fingerprint density at radius 1 is 1.17 bits per heavy atom. The number of hydrogen-bond donors (Lipinski definition) is 3. The smallest absolute Gasteiger partial charge is 0.325 e. The number of benzene rings is 2. The molecule has 2 fully saturated rings. The molecule has 1 aliphatic carbocycles. The first-order chi connectivity index (χ1) is 17.4. The molecule has 8 nitrogen and oxygen atoms in total. The molecular formula is C26H29FIN3O5. The van der Waals surface area contributed by atoms with Crippen molar-refractivity contribution in [1.29, 1.82) is 0 Å². The zero-order valence-corrected chi connectivity index (χ0v) is 21.9. The van der Waals surface area contributed by atoms with E-state index in [1.54, 1.807) is 30.3 Å². The molecule has 1 saturated carbocycles. The van der Waals surface area contributed by atoms with Crippen LogP contribution in [0.3, 0.4) is 0 Å². The van der Waals surface area contributed by atoms with Gasteiger partial charge in [0.05, 0.1) is 12.3 Å². The molecule has 2 atom stereocenters. The molecule has 2 aromatic carbocycles. The molecule has 4 amide bonds. The molecule has 2 aliphatic rings. The SMILES string of the molecule is O=C(Nc1ccc(I)cc1F)[C@H](CC1CCCCC1)N1C(=O)N[C@H](c2ccc(OCCO)cc2)C1=O. The number of halogens is 2. The molecule has 3 N–H and O–H groups in total. The second-order valence-electron chi connectivity index (χ2n) is 9.10. The van der Waals surface area contributed by atoms with E-state index in [4.69, 9.17) is 9.84 Å². The van der Waals surface area contributed by atoms with Gasteiger partial charge in [0.1, 0.15) is 30.3 Å². The highest BCUT2D eigenvalue weighted by Crippen LogP contribution is 2.32. The van der Waals surface area contributed by atoms with Crippen LogP contribution in [0.4, 0.5) is 14.9 Å². The van der Waals surface area contributed by atoms with E-state index in [1.165, 1.54) is 12.1 Å². The first-order valence-corrected chi connectivity index (χ1v) is 13.2. The molecule has 0 radical (unpaired) electrons. The summed E-state index contributed by atoms with van der Waals surface area (Å²) >= 11 is 1.98. The Kier molecular flexibility index (Phi) is 8.78. The Hall–Kier alpha value is -2.73.